The van der Waals surface area contributed by atoms with Crippen molar-refractivity contribution in [2.75, 3.05) is 6.61 Å². The third-order valence-corrected chi connectivity index (χ3v) is 2.76. The number of ether oxygens (including phenoxy) is 1. The lowest BCUT2D eigenvalue weighted by atomic mass is 9.86. The highest BCUT2D eigenvalue weighted by Gasteiger charge is 2.13. The summed E-state index contributed by atoms with van der Waals surface area (Å²) in [4.78, 5) is 10.5. The zero-order chi connectivity index (χ0) is 13.8. The molecule has 0 aliphatic carbocycles. The first-order valence-corrected chi connectivity index (χ1v) is 6.06. The summed E-state index contributed by atoms with van der Waals surface area (Å²) in [6.07, 6.45) is -0.119. The van der Waals surface area contributed by atoms with Crippen LogP contribution in [0.25, 0.3) is 0 Å². The van der Waals surface area contributed by atoms with Crippen LogP contribution in [0.1, 0.15) is 31.9 Å². The number of carbonyl (C=O) groups is 1. The van der Waals surface area contributed by atoms with E-state index in [2.05, 4.69) is 49.8 Å². The molecule has 100 valence electrons. The molecule has 0 spiro atoms. The van der Waals surface area contributed by atoms with Crippen molar-refractivity contribution in [1.82, 2.24) is 0 Å². The number of hydrogen-bond donors (Lipinski definition) is 2. The molecule has 0 heterocycles. The molecule has 1 amide bonds. The molecule has 1 rings (SSSR count). The Hall–Kier alpha value is -1.55. The second-order valence-electron chi connectivity index (χ2n) is 5.54. The maximum Gasteiger partial charge on any atom is 0.404 e. The molecule has 1 aromatic rings. The smallest absolute Gasteiger partial charge is 0.404 e. The summed E-state index contributed by atoms with van der Waals surface area (Å²) in [6, 6.07) is 8.11. The minimum absolute atomic E-state index is 0.149. The molecule has 0 aliphatic rings. The van der Waals surface area contributed by atoms with E-state index < -0.39 is 6.09 Å². The summed E-state index contributed by atoms with van der Waals surface area (Å²) in [5, 5.41) is 0. The normalized spacial score (nSPS) is 13.1. The van der Waals surface area contributed by atoms with Crippen LogP contribution in [0.3, 0.4) is 0 Å². The van der Waals surface area contributed by atoms with Crippen molar-refractivity contribution in [2.24, 2.45) is 11.5 Å². The van der Waals surface area contributed by atoms with Crippen LogP contribution in [0.15, 0.2) is 24.3 Å². The van der Waals surface area contributed by atoms with Crippen molar-refractivity contribution in [3.63, 3.8) is 0 Å². The molecule has 1 aromatic carbocycles. The Kier molecular flexibility index (Phi) is 4.73. The molecule has 0 aliphatic heterocycles. The third-order valence-electron chi connectivity index (χ3n) is 2.76. The van der Waals surface area contributed by atoms with Gasteiger partial charge in [-0.3, -0.25) is 0 Å². The topological polar surface area (TPSA) is 78.3 Å². The molecule has 0 saturated heterocycles. The molecular weight excluding hydrogens is 228 g/mol. The van der Waals surface area contributed by atoms with Crippen molar-refractivity contribution in [3.05, 3.63) is 35.4 Å². The van der Waals surface area contributed by atoms with Crippen molar-refractivity contribution in [3.8, 4) is 0 Å². The van der Waals surface area contributed by atoms with E-state index in [9.17, 15) is 4.79 Å². The van der Waals surface area contributed by atoms with Crippen LogP contribution in [-0.2, 0) is 16.6 Å². The Morgan fingerprint density at radius 1 is 1.28 bits per heavy atom. The van der Waals surface area contributed by atoms with Gasteiger partial charge in [-0.25, -0.2) is 4.79 Å². The maximum atomic E-state index is 10.5. The predicted octanol–water partition coefficient (Wildman–Crippen LogP) is 1.95. The molecule has 18 heavy (non-hydrogen) atoms. The van der Waals surface area contributed by atoms with Gasteiger partial charge >= 0.3 is 6.09 Å². The number of amides is 1. The van der Waals surface area contributed by atoms with Gasteiger partial charge in [0.2, 0.25) is 0 Å². The van der Waals surface area contributed by atoms with Crippen molar-refractivity contribution in [1.29, 1.82) is 0 Å². The molecule has 4 N–H and O–H groups in total. The van der Waals surface area contributed by atoms with Gasteiger partial charge < -0.3 is 16.2 Å². The molecule has 4 heteroatoms. The SMILES string of the molecule is CC(C)(C)c1ccc(CC(N)COC(N)=O)cc1. The Balaban J connectivity index is 2.56. The highest BCUT2D eigenvalue weighted by atomic mass is 16.5. The minimum Gasteiger partial charge on any atom is -0.448 e. The number of carbonyl (C=O) groups excluding carboxylic acids is 1. The fourth-order valence-corrected chi connectivity index (χ4v) is 1.69. The lowest BCUT2D eigenvalue weighted by Crippen LogP contribution is -2.31. The average molecular weight is 250 g/mol. The number of benzene rings is 1. The molecule has 1 unspecified atom stereocenters. The predicted molar refractivity (Wildman–Crippen MR) is 72.4 cm³/mol. The van der Waals surface area contributed by atoms with E-state index in [1.807, 2.05) is 0 Å². The van der Waals surface area contributed by atoms with Crippen molar-refractivity contribution in [2.45, 2.75) is 38.6 Å². The molecule has 0 aromatic heterocycles. The van der Waals surface area contributed by atoms with E-state index in [4.69, 9.17) is 11.5 Å². The van der Waals surface area contributed by atoms with Gasteiger partial charge in [-0.05, 0) is 23.0 Å². The summed E-state index contributed by atoms with van der Waals surface area (Å²) in [6.45, 7) is 6.67. The Labute approximate surface area is 108 Å². The average Bonchev–Trinajstić information content (AvgIpc) is 2.26. The van der Waals surface area contributed by atoms with E-state index in [0.29, 0.717) is 6.42 Å². The first-order chi connectivity index (χ1) is 8.29. The molecular formula is C14H22N2O2. The van der Waals surface area contributed by atoms with Crippen LogP contribution in [0, 0.1) is 0 Å². The Morgan fingerprint density at radius 2 is 1.83 bits per heavy atom. The van der Waals surface area contributed by atoms with Gasteiger partial charge in [0.1, 0.15) is 6.61 Å². The van der Waals surface area contributed by atoms with E-state index in [0.717, 1.165) is 5.56 Å². The van der Waals surface area contributed by atoms with Crippen LogP contribution in [0.4, 0.5) is 4.79 Å². The quantitative estimate of drug-likeness (QED) is 0.857. The standard InChI is InChI=1S/C14H22N2O2/c1-14(2,3)11-6-4-10(5-7-11)8-12(15)9-18-13(16)17/h4-7,12H,8-9,15H2,1-3H3,(H2,16,17). The van der Waals surface area contributed by atoms with Gasteiger partial charge in [0.25, 0.3) is 0 Å². The maximum absolute atomic E-state index is 10.5. The van der Waals surface area contributed by atoms with E-state index >= 15 is 0 Å². The number of hydrogen-bond acceptors (Lipinski definition) is 3. The monoisotopic (exact) mass is 250 g/mol. The first kappa shape index (κ1) is 14.5. The lowest BCUT2D eigenvalue weighted by molar-refractivity contribution is 0.149. The van der Waals surface area contributed by atoms with E-state index in [1.165, 1.54) is 5.56 Å². The second-order valence-corrected chi connectivity index (χ2v) is 5.54. The van der Waals surface area contributed by atoms with Crippen LogP contribution in [0.5, 0.6) is 0 Å². The molecule has 4 nitrogen and oxygen atoms in total. The van der Waals surface area contributed by atoms with Gasteiger partial charge in [-0.1, -0.05) is 45.0 Å². The highest BCUT2D eigenvalue weighted by Crippen LogP contribution is 2.22. The lowest BCUT2D eigenvalue weighted by Gasteiger charge is -2.19. The summed E-state index contributed by atoms with van der Waals surface area (Å²) in [5.41, 5.74) is 13.3. The molecule has 0 bridgehead atoms. The summed E-state index contributed by atoms with van der Waals surface area (Å²) < 4.78 is 4.67. The number of primary amides is 1. The zero-order valence-electron chi connectivity index (χ0n) is 11.3. The van der Waals surface area contributed by atoms with Gasteiger partial charge in [0.15, 0.2) is 0 Å². The van der Waals surface area contributed by atoms with Crippen molar-refractivity contribution < 1.29 is 9.53 Å². The van der Waals surface area contributed by atoms with Crippen LogP contribution in [-0.4, -0.2) is 18.7 Å². The van der Waals surface area contributed by atoms with Gasteiger partial charge in [0.05, 0.1) is 0 Å². The van der Waals surface area contributed by atoms with Gasteiger partial charge in [-0.2, -0.15) is 0 Å². The van der Waals surface area contributed by atoms with Crippen LogP contribution in [0.2, 0.25) is 0 Å². The van der Waals surface area contributed by atoms with Crippen LogP contribution < -0.4 is 11.5 Å². The second kappa shape index (κ2) is 5.87. The molecule has 0 radical (unpaired) electrons. The van der Waals surface area contributed by atoms with Crippen molar-refractivity contribution >= 4 is 6.09 Å². The fraction of sp³-hybridized carbons (Fsp3) is 0.500. The van der Waals surface area contributed by atoms with Crippen LogP contribution >= 0.6 is 0 Å². The summed E-state index contributed by atoms with van der Waals surface area (Å²) in [5.74, 6) is 0. The minimum atomic E-state index is -0.784. The van der Waals surface area contributed by atoms with Gasteiger partial charge in [0, 0.05) is 6.04 Å². The largest absolute Gasteiger partial charge is 0.448 e. The molecule has 0 fully saturated rings. The van der Waals surface area contributed by atoms with E-state index in [1.54, 1.807) is 0 Å². The van der Waals surface area contributed by atoms with Gasteiger partial charge in [-0.15, -0.1) is 0 Å². The van der Waals surface area contributed by atoms with E-state index in [-0.39, 0.29) is 18.1 Å². The highest BCUT2D eigenvalue weighted by molar-refractivity contribution is 5.64. The number of rotatable bonds is 4. The summed E-state index contributed by atoms with van der Waals surface area (Å²) >= 11 is 0. The Morgan fingerprint density at radius 3 is 2.28 bits per heavy atom. The third kappa shape index (κ3) is 4.75. The zero-order valence-corrected chi connectivity index (χ0v) is 11.3. The summed E-state index contributed by atoms with van der Waals surface area (Å²) in [7, 11) is 0. The molecule has 0 saturated carbocycles. The fourth-order valence-electron chi connectivity index (χ4n) is 1.69. The number of nitrogens with two attached hydrogens (primary N) is 2. The molecule has 1 atom stereocenters. The first-order valence-electron chi connectivity index (χ1n) is 6.06. The Bertz CT molecular complexity index is 393.